The fourth-order valence-electron chi connectivity index (χ4n) is 1.44. The lowest BCUT2D eigenvalue weighted by molar-refractivity contribution is -0.114. The predicted octanol–water partition coefficient (Wildman–Crippen LogP) is 1.48. The average Bonchev–Trinajstić information content (AvgIpc) is 2.30. The maximum Gasteiger partial charge on any atom is 0.250 e. The Morgan fingerprint density at radius 1 is 1.56 bits per heavy atom. The molecule has 82 valence electrons. The number of primary amides is 1. The fourth-order valence-corrected chi connectivity index (χ4v) is 1.67. The highest BCUT2D eigenvalue weighted by Gasteiger charge is 2.13. The summed E-state index contributed by atoms with van der Waals surface area (Å²) in [5, 5.41) is 0.540. The maximum absolute atomic E-state index is 11.0. The molecule has 0 radical (unpaired) electrons. The number of carbonyl (C=O) groups is 1. The molecule has 1 aromatic rings. The van der Waals surface area contributed by atoms with Crippen LogP contribution in [0.25, 0.3) is 0 Å². The van der Waals surface area contributed by atoms with Crippen molar-refractivity contribution in [1.82, 2.24) is 4.98 Å². The van der Waals surface area contributed by atoms with Crippen molar-refractivity contribution in [3.63, 3.8) is 0 Å². The van der Waals surface area contributed by atoms with Crippen LogP contribution in [0.5, 0.6) is 0 Å². The number of halogens is 1. The van der Waals surface area contributed by atoms with Crippen molar-refractivity contribution in [1.29, 1.82) is 0 Å². The summed E-state index contributed by atoms with van der Waals surface area (Å²) in [5.41, 5.74) is 5.64. The van der Waals surface area contributed by atoms with Gasteiger partial charge in [-0.15, -0.1) is 0 Å². The number of nitrogens with two attached hydrogens (primary N) is 1. The molecule has 0 spiro atoms. The summed E-state index contributed by atoms with van der Waals surface area (Å²) >= 11 is 6.01. The van der Waals surface area contributed by atoms with E-state index in [1.54, 1.807) is 35.5 Å². The van der Waals surface area contributed by atoms with Gasteiger partial charge in [0.2, 0.25) is 5.91 Å². The normalized spacial score (nSPS) is 14.8. The number of nitrogens with zero attached hydrogens (tertiary/aromatic N) is 2. The van der Waals surface area contributed by atoms with E-state index in [-0.39, 0.29) is 0 Å². The average molecular weight is 236 g/mol. The quantitative estimate of drug-likeness (QED) is 0.845. The van der Waals surface area contributed by atoms with Gasteiger partial charge in [0.25, 0.3) is 0 Å². The molecule has 0 unspecified atom stereocenters. The molecule has 1 aromatic heterocycles. The summed E-state index contributed by atoms with van der Waals surface area (Å²) in [6.07, 6.45) is 6.83. The van der Waals surface area contributed by atoms with Crippen molar-refractivity contribution in [2.24, 2.45) is 5.73 Å². The van der Waals surface area contributed by atoms with E-state index in [9.17, 15) is 4.79 Å². The zero-order valence-corrected chi connectivity index (χ0v) is 9.19. The molecular formula is C11H10ClN3O. The Morgan fingerprint density at radius 2 is 2.38 bits per heavy atom. The highest BCUT2D eigenvalue weighted by Crippen LogP contribution is 2.24. The van der Waals surface area contributed by atoms with Gasteiger partial charge >= 0.3 is 0 Å². The van der Waals surface area contributed by atoms with Crippen LogP contribution in [0.1, 0.15) is 0 Å². The number of carbonyl (C=O) groups excluding carboxylic acids is 1. The highest BCUT2D eigenvalue weighted by atomic mass is 35.5. The smallest absolute Gasteiger partial charge is 0.250 e. The number of pyridine rings is 1. The molecule has 4 nitrogen and oxygen atoms in total. The van der Waals surface area contributed by atoms with Crippen LogP contribution in [-0.2, 0) is 4.79 Å². The fraction of sp³-hybridized carbons (Fsp3) is 0.0909. The van der Waals surface area contributed by atoms with E-state index in [1.807, 2.05) is 6.08 Å². The number of amides is 1. The van der Waals surface area contributed by atoms with Crippen LogP contribution < -0.4 is 10.6 Å². The van der Waals surface area contributed by atoms with Crippen LogP contribution in [0.15, 0.2) is 42.3 Å². The minimum absolute atomic E-state index is 0.438. The summed E-state index contributed by atoms with van der Waals surface area (Å²) in [7, 11) is 0. The van der Waals surface area contributed by atoms with Crippen LogP contribution in [0.4, 0.5) is 5.82 Å². The Hall–Kier alpha value is -1.81. The van der Waals surface area contributed by atoms with Crippen molar-refractivity contribution in [3.8, 4) is 0 Å². The van der Waals surface area contributed by atoms with Gasteiger partial charge in [0.1, 0.15) is 0 Å². The summed E-state index contributed by atoms with van der Waals surface area (Å²) in [4.78, 5) is 17.0. The third-order valence-corrected chi connectivity index (χ3v) is 2.49. The minimum atomic E-state index is -0.465. The second-order valence-corrected chi connectivity index (χ2v) is 3.72. The van der Waals surface area contributed by atoms with Crippen LogP contribution in [0, 0.1) is 0 Å². The predicted molar refractivity (Wildman–Crippen MR) is 63.0 cm³/mol. The molecule has 1 amide bonds. The third kappa shape index (κ3) is 2.06. The first kappa shape index (κ1) is 10.7. The lowest BCUT2D eigenvalue weighted by atomic mass is 10.2. The number of aromatic nitrogens is 1. The van der Waals surface area contributed by atoms with Crippen molar-refractivity contribution < 1.29 is 4.79 Å². The first-order chi connectivity index (χ1) is 7.68. The van der Waals surface area contributed by atoms with E-state index in [1.165, 1.54) is 0 Å². The maximum atomic E-state index is 11.0. The molecule has 2 rings (SSSR count). The first-order valence-electron chi connectivity index (χ1n) is 4.74. The molecule has 2 heterocycles. The molecule has 1 aliphatic heterocycles. The van der Waals surface area contributed by atoms with Gasteiger partial charge in [-0.2, -0.15) is 0 Å². The van der Waals surface area contributed by atoms with Crippen molar-refractivity contribution in [2.75, 3.05) is 11.4 Å². The molecule has 0 atom stereocenters. The second-order valence-electron chi connectivity index (χ2n) is 3.31. The Labute approximate surface area is 98.0 Å². The molecule has 0 bridgehead atoms. The molecule has 0 saturated carbocycles. The number of hydrogen-bond donors (Lipinski definition) is 1. The lowest BCUT2D eigenvalue weighted by Crippen LogP contribution is -2.24. The minimum Gasteiger partial charge on any atom is -0.366 e. The van der Waals surface area contributed by atoms with Gasteiger partial charge in [-0.25, -0.2) is 4.98 Å². The second kappa shape index (κ2) is 4.37. The van der Waals surface area contributed by atoms with Gasteiger partial charge in [0.05, 0.1) is 10.6 Å². The van der Waals surface area contributed by atoms with Crippen molar-refractivity contribution in [2.45, 2.75) is 0 Å². The largest absolute Gasteiger partial charge is 0.366 e. The van der Waals surface area contributed by atoms with Gasteiger partial charge in [0.15, 0.2) is 5.82 Å². The zero-order valence-electron chi connectivity index (χ0n) is 8.43. The van der Waals surface area contributed by atoms with Crippen molar-refractivity contribution >= 4 is 23.3 Å². The number of anilines is 1. The molecule has 0 aromatic carbocycles. The number of hydrogen-bond acceptors (Lipinski definition) is 3. The summed E-state index contributed by atoms with van der Waals surface area (Å²) < 4.78 is 0. The van der Waals surface area contributed by atoms with Crippen LogP contribution >= 0.6 is 11.6 Å². The molecule has 0 fully saturated rings. The summed E-state index contributed by atoms with van der Waals surface area (Å²) in [5.74, 6) is 0.153. The Morgan fingerprint density at radius 3 is 3.06 bits per heavy atom. The van der Waals surface area contributed by atoms with Gasteiger partial charge in [0, 0.05) is 18.9 Å². The van der Waals surface area contributed by atoms with E-state index in [0.29, 0.717) is 23.0 Å². The standard InChI is InChI=1S/C11H10ClN3O/c12-9-4-1-5-14-11(9)15-6-2-3-8(7-15)10(13)16/h1-5,7H,6H2,(H2,13,16). The lowest BCUT2D eigenvalue weighted by Gasteiger charge is -2.22. The highest BCUT2D eigenvalue weighted by molar-refractivity contribution is 6.33. The topological polar surface area (TPSA) is 59.2 Å². The van der Waals surface area contributed by atoms with Crippen LogP contribution in [0.3, 0.4) is 0 Å². The Kier molecular flexibility index (Phi) is 2.92. The summed E-state index contributed by atoms with van der Waals surface area (Å²) in [6.45, 7) is 0.619. The SMILES string of the molecule is NC(=O)C1=CN(c2ncccc2Cl)CC=C1. The first-order valence-corrected chi connectivity index (χ1v) is 5.11. The van der Waals surface area contributed by atoms with E-state index < -0.39 is 5.91 Å². The van der Waals surface area contributed by atoms with Crippen LogP contribution in [-0.4, -0.2) is 17.4 Å². The third-order valence-electron chi connectivity index (χ3n) is 2.19. The van der Waals surface area contributed by atoms with Gasteiger partial charge in [-0.3, -0.25) is 4.79 Å². The van der Waals surface area contributed by atoms with Crippen LogP contribution in [0.2, 0.25) is 5.02 Å². The Bertz CT molecular complexity index is 482. The molecule has 0 saturated heterocycles. The van der Waals surface area contributed by atoms with Gasteiger partial charge in [-0.05, 0) is 12.1 Å². The van der Waals surface area contributed by atoms with E-state index in [4.69, 9.17) is 17.3 Å². The summed E-state index contributed by atoms with van der Waals surface area (Å²) in [6, 6.07) is 3.50. The molecule has 2 N–H and O–H groups in total. The Balaban J connectivity index is 2.34. The molecular weight excluding hydrogens is 226 g/mol. The zero-order chi connectivity index (χ0) is 11.5. The molecule has 16 heavy (non-hydrogen) atoms. The molecule has 5 heteroatoms. The van der Waals surface area contributed by atoms with Gasteiger partial charge in [-0.1, -0.05) is 23.8 Å². The van der Waals surface area contributed by atoms with E-state index in [2.05, 4.69) is 4.98 Å². The number of rotatable bonds is 2. The monoisotopic (exact) mass is 235 g/mol. The van der Waals surface area contributed by atoms with E-state index in [0.717, 1.165) is 0 Å². The van der Waals surface area contributed by atoms with Gasteiger partial charge < -0.3 is 10.6 Å². The van der Waals surface area contributed by atoms with E-state index >= 15 is 0 Å². The van der Waals surface area contributed by atoms with Crippen molar-refractivity contribution in [3.05, 3.63) is 47.3 Å². The molecule has 0 aliphatic carbocycles. The molecule has 1 aliphatic rings.